The van der Waals surface area contributed by atoms with Gasteiger partial charge >= 0.3 is 5.69 Å². The van der Waals surface area contributed by atoms with Crippen molar-refractivity contribution >= 4 is 11.0 Å². The lowest BCUT2D eigenvalue weighted by Gasteiger charge is -2.22. The number of H-pyrrole nitrogens is 1. The van der Waals surface area contributed by atoms with Crippen LogP contribution < -0.4 is 10.4 Å². The third kappa shape index (κ3) is 2.26. The van der Waals surface area contributed by atoms with Crippen molar-refractivity contribution in [2.75, 3.05) is 13.7 Å². The zero-order valence-corrected chi connectivity index (χ0v) is 11.0. The first-order chi connectivity index (χ1) is 9.29. The number of fused-ring (bicyclic) bond motifs is 1. The Labute approximate surface area is 111 Å². The highest BCUT2D eigenvalue weighted by Crippen LogP contribution is 2.24. The van der Waals surface area contributed by atoms with E-state index in [2.05, 4.69) is 4.98 Å². The lowest BCUT2D eigenvalue weighted by Crippen LogP contribution is -2.29. The van der Waals surface area contributed by atoms with Gasteiger partial charge in [-0.15, -0.1) is 0 Å². The number of hydrogen-bond donors (Lipinski definition) is 1. The van der Waals surface area contributed by atoms with E-state index in [0.717, 1.165) is 30.5 Å². The average molecular weight is 262 g/mol. The number of nitrogens with one attached hydrogen (secondary N) is 1. The number of methoxy groups -OCH3 is 1. The monoisotopic (exact) mass is 262 g/mol. The Kier molecular flexibility index (Phi) is 3.29. The van der Waals surface area contributed by atoms with Gasteiger partial charge in [-0.1, -0.05) is 6.07 Å². The van der Waals surface area contributed by atoms with Crippen molar-refractivity contribution in [2.24, 2.45) is 0 Å². The number of nitrogens with zero attached hydrogens (tertiary/aromatic N) is 1. The van der Waals surface area contributed by atoms with Crippen LogP contribution in [0.3, 0.4) is 0 Å². The molecule has 0 spiro atoms. The maximum atomic E-state index is 12.1. The molecule has 0 bridgehead atoms. The number of rotatable bonds is 3. The van der Waals surface area contributed by atoms with E-state index in [0.29, 0.717) is 12.3 Å². The van der Waals surface area contributed by atoms with Gasteiger partial charge in [0.2, 0.25) is 0 Å². The van der Waals surface area contributed by atoms with Crippen LogP contribution in [0.4, 0.5) is 0 Å². The zero-order valence-electron chi connectivity index (χ0n) is 11.0. The van der Waals surface area contributed by atoms with E-state index >= 15 is 0 Å². The number of ether oxygens (including phenoxy) is 2. The molecule has 3 rings (SSSR count). The van der Waals surface area contributed by atoms with E-state index in [1.54, 1.807) is 11.7 Å². The minimum Gasteiger partial charge on any atom is -0.494 e. The quantitative estimate of drug-likeness (QED) is 0.919. The minimum absolute atomic E-state index is 0.103. The lowest BCUT2D eigenvalue weighted by molar-refractivity contribution is 0.00610. The fraction of sp³-hybridized carbons (Fsp3) is 0.500. The van der Waals surface area contributed by atoms with Gasteiger partial charge in [-0.3, -0.25) is 4.57 Å². The number of hydrogen-bond acceptors (Lipinski definition) is 3. The Morgan fingerprint density at radius 1 is 1.47 bits per heavy atom. The molecule has 5 heteroatoms. The van der Waals surface area contributed by atoms with Gasteiger partial charge in [0, 0.05) is 6.61 Å². The fourth-order valence-electron chi connectivity index (χ4n) is 2.68. The van der Waals surface area contributed by atoms with Crippen LogP contribution in [0.5, 0.6) is 5.75 Å². The molecule has 1 aliphatic heterocycles. The van der Waals surface area contributed by atoms with Crippen LogP contribution in [0.15, 0.2) is 23.0 Å². The number of aromatic nitrogens is 2. The SMILES string of the molecule is COc1cccc2[nH]c(=O)n(CC3CCCCO3)c12. The number of benzene rings is 1. The topological polar surface area (TPSA) is 56.2 Å². The van der Waals surface area contributed by atoms with E-state index in [4.69, 9.17) is 9.47 Å². The van der Waals surface area contributed by atoms with Gasteiger partial charge in [0.1, 0.15) is 11.3 Å². The molecule has 0 amide bonds. The molecular formula is C14H18N2O3. The minimum atomic E-state index is -0.103. The summed E-state index contributed by atoms with van der Waals surface area (Å²) in [4.78, 5) is 14.9. The van der Waals surface area contributed by atoms with Crippen LogP contribution in [0, 0.1) is 0 Å². The summed E-state index contributed by atoms with van der Waals surface area (Å²) in [6, 6.07) is 5.63. The maximum Gasteiger partial charge on any atom is 0.326 e. The molecule has 1 aromatic carbocycles. The summed E-state index contributed by atoms with van der Waals surface area (Å²) in [6.45, 7) is 1.37. The van der Waals surface area contributed by atoms with Gasteiger partial charge in [-0.05, 0) is 31.4 Å². The predicted octanol–water partition coefficient (Wildman–Crippen LogP) is 1.91. The molecule has 0 saturated carbocycles. The molecule has 102 valence electrons. The zero-order chi connectivity index (χ0) is 13.2. The molecule has 19 heavy (non-hydrogen) atoms. The van der Waals surface area contributed by atoms with E-state index in [-0.39, 0.29) is 11.8 Å². The van der Waals surface area contributed by atoms with E-state index in [1.165, 1.54) is 6.42 Å². The first-order valence-electron chi connectivity index (χ1n) is 6.66. The smallest absolute Gasteiger partial charge is 0.326 e. The lowest BCUT2D eigenvalue weighted by atomic mass is 10.1. The Bertz CT molecular complexity index is 623. The van der Waals surface area contributed by atoms with Crippen LogP contribution in [0.2, 0.25) is 0 Å². The summed E-state index contributed by atoms with van der Waals surface area (Å²) in [5.41, 5.74) is 1.53. The molecule has 1 fully saturated rings. The summed E-state index contributed by atoms with van der Waals surface area (Å²) in [6.07, 6.45) is 3.41. The van der Waals surface area contributed by atoms with E-state index < -0.39 is 0 Å². The molecular weight excluding hydrogens is 244 g/mol. The van der Waals surface area contributed by atoms with Gasteiger partial charge < -0.3 is 14.5 Å². The molecule has 1 aliphatic rings. The average Bonchev–Trinajstić information content (AvgIpc) is 2.76. The predicted molar refractivity (Wildman–Crippen MR) is 72.7 cm³/mol. The van der Waals surface area contributed by atoms with Gasteiger partial charge in [-0.2, -0.15) is 0 Å². The standard InChI is InChI=1S/C14H18N2O3/c1-18-12-7-4-6-11-13(12)16(14(17)15-11)9-10-5-2-3-8-19-10/h4,6-7,10H,2-3,5,8-9H2,1H3,(H,15,17). The first kappa shape index (κ1) is 12.3. The molecule has 1 saturated heterocycles. The highest BCUT2D eigenvalue weighted by Gasteiger charge is 2.18. The van der Waals surface area contributed by atoms with Crippen molar-refractivity contribution in [3.8, 4) is 5.75 Å². The molecule has 1 N–H and O–H groups in total. The van der Waals surface area contributed by atoms with Crippen molar-refractivity contribution < 1.29 is 9.47 Å². The summed E-state index contributed by atoms with van der Waals surface area (Å²) >= 11 is 0. The normalized spacial score (nSPS) is 19.7. The summed E-state index contributed by atoms with van der Waals surface area (Å²) in [7, 11) is 1.62. The van der Waals surface area contributed by atoms with Crippen molar-refractivity contribution in [3.63, 3.8) is 0 Å². The molecule has 1 atom stereocenters. The largest absolute Gasteiger partial charge is 0.494 e. The highest BCUT2D eigenvalue weighted by molar-refractivity contribution is 5.81. The molecule has 2 heterocycles. The Hall–Kier alpha value is -1.75. The van der Waals surface area contributed by atoms with Crippen molar-refractivity contribution in [1.82, 2.24) is 9.55 Å². The Balaban J connectivity index is 2.01. The fourth-order valence-corrected chi connectivity index (χ4v) is 2.68. The summed E-state index contributed by atoms with van der Waals surface area (Å²) < 4.78 is 12.8. The van der Waals surface area contributed by atoms with Crippen LogP contribution in [-0.4, -0.2) is 29.4 Å². The molecule has 0 aliphatic carbocycles. The van der Waals surface area contributed by atoms with Crippen LogP contribution in [0.1, 0.15) is 19.3 Å². The second-order valence-electron chi connectivity index (χ2n) is 4.89. The first-order valence-corrected chi connectivity index (χ1v) is 6.66. The molecule has 5 nitrogen and oxygen atoms in total. The summed E-state index contributed by atoms with van der Waals surface area (Å²) in [5, 5.41) is 0. The summed E-state index contributed by atoms with van der Waals surface area (Å²) in [5.74, 6) is 0.714. The van der Waals surface area contributed by atoms with Gasteiger partial charge in [0.05, 0.1) is 25.3 Å². The maximum absolute atomic E-state index is 12.1. The van der Waals surface area contributed by atoms with Gasteiger partial charge in [0.25, 0.3) is 0 Å². The third-order valence-corrected chi connectivity index (χ3v) is 3.64. The van der Waals surface area contributed by atoms with Gasteiger partial charge in [0.15, 0.2) is 0 Å². The van der Waals surface area contributed by atoms with Crippen LogP contribution in [-0.2, 0) is 11.3 Å². The number of imidazole rings is 1. The number of para-hydroxylation sites is 1. The molecule has 1 unspecified atom stereocenters. The third-order valence-electron chi connectivity index (χ3n) is 3.64. The highest BCUT2D eigenvalue weighted by atomic mass is 16.5. The second kappa shape index (κ2) is 5.09. The van der Waals surface area contributed by atoms with E-state index in [1.807, 2.05) is 18.2 Å². The molecule has 0 radical (unpaired) electrons. The van der Waals surface area contributed by atoms with Crippen molar-refractivity contribution in [3.05, 3.63) is 28.7 Å². The van der Waals surface area contributed by atoms with E-state index in [9.17, 15) is 4.79 Å². The van der Waals surface area contributed by atoms with Crippen molar-refractivity contribution in [2.45, 2.75) is 31.9 Å². The van der Waals surface area contributed by atoms with Crippen molar-refractivity contribution in [1.29, 1.82) is 0 Å². The Morgan fingerprint density at radius 2 is 2.37 bits per heavy atom. The van der Waals surface area contributed by atoms with Gasteiger partial charge in [-0.25, -0.2) is 4.79 Å². The number of aromatic amines is 1. The molecule has 2 aromatic rings. The second-order valence-corrected chi connectivity index (χ2v) is 4.89. The van der Waals surface area contributed by atoms with Crippen LogP contribution in [0.25, 0.3) is 11.0 Å². The molecule has 1 aromatic heterocycles. The van der Waals surface area contributed by atoms with Crippen LogP contribution >= 0.6 is 0 Å². The Morgan fingerprint density at radius 3 is 3.11 bits per heavy atom.